The van der Waals surface area contributed by atoms with Crippen LogP contribution in [0.25, 0.3) is 0 Å². The van der Waals surface area contributed by atoms with Crippen molar-refractivity contribution in [2.24, 2.45) is 5.92 Å². The van der Waals surface area contributed by atoms with Gasteiger partial charge in [-0.2, -0.15) is 0 Å². The maximum atomic E-state index is 5.18. The monoisotopic (exact) mass is 297 g/mol. The van der Waals surface area contributed by atoms with Crippen molar-refractivity contribution in [3.8, 4) is 0 Å². The second-order valence-corrected chi connectivity index (χ2v) is 7.74. The van der Waals surface area contributed by atoms with E-state index in [0.717, 1.165) is 19.1 Å². The number of hydrogen-bond acceptors (Lipinski definition) is 4. The first-order valence-electron chi connectivity index (χ1n) is 8.68. The highest BCUT2D eigenvalue weighted by Gasteiger charge is 2.27. The molecule has 2 aliphatic heterocycles. The van der Waals surface area contributed by atoms with Gasteiger partial charge in [0.1, 0.15) is 0 Å². The molecule has 0 aromatic rings. The zero-order valence-corrected chi connectivity index (χ0v) is 14.6. The van der Waals surface area contributed by atoms with Crippen molar-refractivity contribution in [2.45, 2.75) is 39.2 Å². The lowest BCUT2D eigenvalue weighted by Gasteiger charge is -2.43. The first kappa shape index (κ1) is 17.2. The molecule has 0 atom stereocenters. The Bertz CT molecular complexity index is 287. The fourth-order valence-electron chi connectivity index (χ4n) is 3.58. The SMILES string of the molecule is COCCN1CCC(CN2CCN(C(C)(C)C)CC2)CC1. The van der Waals surface area contributed by atoms with Crippen LogP contribution in [0.2, 0.25) is 0 Å². The molecule has 0 aromatic heterocycles. The number of methoxy groups -OCH3 is 1. The van der Waals surface area contributed by atoms with E-state index in [2.05, 4.69) is 35.5 Å². The van der Waals surface area contributed by atoms with Crippen LogP contribution in [-0.4, -0.2) is 86.3 Å². The van der Waals surface area contributed by atoms with E-state index in [1.807, 2.05) is 0 Å². The van der Waals surface area contributed by atoms with Crippen LogP contribution in [0.4, 0.5) is 0 Å². The third-order valence-electron chi connectivity index (χ3n) is 5.16. The summed E-state index contributed by atoms with van der Waals surface area (Å²) in [6.45, 7) is 17.8. The smallest absolute Gasteiger partial charge is 0.0589 e. The number of ether oxygens (including phenoxy) is 1. The molecule has 0 spiro atoms. The fourth-order valence-corrected chi connectivity index (χ4v) is 3.58. The molecule has 4 nitrogen and oxygen atoms in total. The Labute approximate surface area is 131 Å². The van der Waals surface area contributed by atoms with Crippen LogP contribution >= 0.6 is 0 Å². The molecular weight excluding hydrogens is 262 g/mol. The molecule has 0 unspecified atom stereocenters. The van der Waals surface area contributed by atoms with Gasteiger partial charge in [-0.3, -0.25) is 4.90 Å². The molecule has 0 bridgehead atoms. The van der Waals surface area contributed by atoms with E-state index < -0.39 is 0 Å². The predicted molar refractivity (Wildman–Crippen MR) is 88.8 cm³/mol. The van der Waals surface area contributed by atoms with E-state index in [9.17, 15) is 0 Å². The molecule has 21 heavy (non-hydrogen) atoms. The maximum absolute atomic E-state index is 5.18. The van der Waals surface area contributed by atoms with Gasteiger partial charge in [-0.05, 0) is 52.6 Å². The Kier molecular flexibility index (Phi) is 6.48. The number of hydrogen-bond donors (Lipinski definition) is 0. The largest absolute Gasteiger partial charge is 0.383 e. The summed E-state index contributed by atoms with van der Waals surface area (Å²) >= 11 is 0. The number of nitrogens with zero attached hydrogens (tertiary/aromatic N) is 3. The predicted octanol–water partition coefficient (Wildman–Crippen LogP) is 1.76. The van der Waals surface area contributed by atoms with Crippen molar-refractivity contribution in [3.05, 3.63) is 0 Å². The number of rotatable bonds is 5. The quantitative estimate of drug-likeness (QED) is 0.770. The Morgan fingerprint density at radius 2 is 1.52 bits per heavy atom. The van der Waals surface area contributed by atoms with Crippen molar-refractivity contribution in [2.75, 3.05) is 66.1 Å². The third-order valence-corrected chi connectivity index (χ3v) is 5.16. The topological polar surface area (TPSA) is 19.0 Å². The van der Waals surface area contributed by atoms with Gasteiger partial charge >= 0.3 is 0 Å². The minimum absolute atomic E-state index is 0.332. The summed E-state index contributed by atoms with van der Waals surface area (Å²) in [5, 5.41) is 0. The Hall–Kier alpha value is -0.160. The zero-order valence-electron chi connectivity index (χ0n) is 14.6. The normalized spacial score (nSPS) is 24.6. The van der Waals surface area contributed by atoms with Crippen LogP contribution in [0.5, 0.6) is 0 Å². The highest BCUT2D eigenvalue weighted by Crippen LogP contribution is 2.21. The molecule has 4 heteroatoms. The molecular formula is C17H35N3O. The molecule has 0 saturated carbocycles. The average Bonchev–Trinajstić information content (AvgIpc) is 2.46. The second kappa shape index (κ2) is 7.91. The first-order valence-corrected chi connectivity index (χ1v) is 8.68. The van der Waals surface area contributed by atoms with E-state index in [1.54, 1.807) is 7.11 Å². The average molecular weight is 297 g/mol. The molecule has 2 rings (SSSR count). The van der Waals surface area contributed by atoms with E-state index in [1.165, 1.54) is 58.7 Å². The Morgan fingerprint density at radius 3 is 2.05 bits per heavy atom. The van der Waals surface area contributed by atoms with E-state index in [-0.39, 0.29) is 0 Å². The van der Waals surface area contributed by atoms with Gasteiger partial charge < -0.3 is 14.5 Å². The van der Waals surface area contributed by atoms with Gasteiger partial charge in [-0.25, -0.2) is 0 Å². The van der Waals surface area contributed by atoms with Crippen molar-refractivity contribution < 1.29 is 4.74 Å². The number of piperazine rings is 1. The van der Waals surface area contributed by atoms with Crippen molar-refractivity contribution in [3.63, 3.8) is 0 Å². The van der Waals surface area contributed by atoms with Crippen molar-refractivity contribution in [1.29, 1.82) is 0 Å². The van der Waals surface area contributed by atoms with Crippen LogP contribution in [0.3, 0.4) is 0 Å². The minimum atomic E-state index is 0.332. The summed E-state index contributed by atoms with van der Waals surface area (Å²) < 4.78 is 5.18. The molecule has 124 valence electrons. The molecule has 2 heterocycles. The lowest BCUT2D eigenvalue weighted by molar-refractivity contribution is 0.0460. The molecule has 2 fully saturated rings. The summed E-state index contributed by atoms with van der Waals surface area (Å²) in [6.07, 6.45) is 2.73. The molecule has 2 saturated heterocycles. The van der Waals surface area contributed by atoms with Gasteiger partial charge in [-0.1, -0.05) is 0 Å². The highest BCUT2D eigenvalue weighted by molar-refractivity contribution is 4.83. The van der Waals surface area contributed by atoms with Crippen molar-refractivity contribution >= 4 is 0 Å². The van der Waals surface area contributed by atoms with Crippen LogP contribution in [0.1, 0.15) is 33.6 Å². The summed E-state index contributed by atoms with van der Waals surface area (Å²) in [5.74, 6) is 0.907. The molecule has 2 aliphatic rings. The lowest BCUT2D eigenvalue weighted by Crippen LogP contribution is -2.54. The zero-order chi connectivity index (χ0) is 15.3. The van der Waals surface area contributed by atoms with Crippen LogP contribution < -0.4 is 0 Å². The van der Waals surface area contributed by atoms with Gasteiger partial charge in [0, 0.05) is 51.9 Å². The lowest BCUT2D eigenvalue weighted by atomic mass is 9.95. The molecule has 0 aliphatic carbocycles. The first-order chi connectivity index (χ1) is 9.99. The van der Waals surface area contributed by atoms with E-state index in [4.69, 9.17) is 4.74 Å². The molecule has 0 N–H and O–H groups in total. The minimum Gasteiger partial charge on any atom is -0.383 e. The fraction of sp³-hybridized carbons (Fsp3) is 1.00. The van der Waals surface area contributed by atoms with Crippen LogP contribution in [0, 0.1) is 5.92 Å². The highest BCUT2D eigenvalue weighted by atomic mass is 16.5. The number of piperidine rings is 1. The van der Waals surface area contributed by atoms with Crippen LogP contribution in [0.15, 0.2) is 0 Å². The van der Waals surface area contributed by atoms with Gasteiger partial charge in [0.2, 0.25) is 0 Å². The molecule has 0 radical (unpaired) electrons. The summed E-state index contributed by atoms with van der Waals surface area (Å²) in [6, 6.07) is 0. The number of likely N-dealkylation sites (tertiary alicyclic amines) is 1. The van der Waals surface area contributed by atoms with E-state index >= 15 is 0 Å². The standard InChI is InChI=1S/C17H35N3O/c1-17(2,3)20-11-9-19(10-12-20)15-16-5-7-18(8-6-16)13-14-21-4/h16H,5-15H2,1-4H3. The van der Waals surface area contributed by atoms with Gasteiger partial charge in [0.05, 0.1) is 6.61 Å². The van der Waals surface area contributed by atoms with Gasteiger partial charge in [-0.15, -0.1) is 0 Å². The molecule has 0 aromatic carbocycles. The summed E-state index contributed by atoms with van der Waals surface area (Å²) in [7, 11) is 1.80. The molecule has 0 amide bonds. The second-order valence-electron chi connectivity index (χ2n) is 7.74. The van der Waals surface area contributed by atoms with Crippen molar-refractivity contribution in [1.82, 2.24) is 14.7 Å². The van der Waals surface area contributed by atoms with Gasteiger partial charge in [0.25, 0.3) is 0 Å². The summed E-state index contributed by atoms with van der Waals surface area (Å²) in [5.41, 5.74) is 0.332. The summed E-state index contributed by atoms with van der Waals surface area (Å²) in [4.78, 5) is 7.87. The van der Waals surface area contributed by atoms with Gasteiger partial charge in [0.15, 0.2) is 0 Å². The van der Waals surface area contributed by atoms with Crippen LogP contribution in [-0.2, 0) is 4.74 Å². The maximum Gasteiger partial charge on any atom is 0.0589 e. The Balaban J connectivity index is 1.64. The third kappa shape index (κ3) is 5.51. The van der Waals surface area contributed by atoms with E-state index in [0.29, 0.717) is 5.54 Å². The Morgan fingerprint density at radius 1 is 0.905 bits per heavy atom.